The van der Waals surface area contributed by atoms with Gasteiger partial charge in [-0.2, -0.15) is 0 Å². The molecular formula is C14H18N2O. The number of hydrogen-bond donors (Lipinski definition) is 1. The first-order valence-electron chi connectivity index (χ1n) is 6.40. The molecule has 90 valence electrons. The number of hydrogen-bond acceptors (Lipinski definition) is 2. The first-order valence-corrected chi connectivity index (χ1v) is 6.40. The van der Waals surface area contributed by atoms with Crippen LogP contribution in [0.15, 0.2) is 18.2 Å². The van der Waals surface area contributed by atoms with Gasteiger partial charge in [-0.15, -0.1) is 0 Å². The van der Waals surface area contributed by atoms with Gasteiger partial charge in [-0.1, -0.05) is 6.92 Å². The summed E-state index contributed by atoms with van der Waals surface area (Å²) in [6.07, 6.45) is 2.17. The highest BCUT2D eigenvalue weighted by molar-refractivity contribution is 5.95. The Balaban J connectivity index is 1.82. The smallest absolute Gasteiger partial charge is 0.253 e. The van der Waals surface area contributed by atoms with E-state index in [-0.39, 0.29) is 5.91 Å². The molecule has 1 saturated heterocycles. The molecule has 1 unspecified atom stereocenters. The molecule has 3 nitrogen and oxygen atoms in total. The molecule has 0 aromatic heterocycles. The number of fused-ring (bicyclic) bond motifs is 1. The van der Waals surface area contributed by atoms with Crippen LogP contribution in [0.1, 0.15) is 29.3 Å². The minimum Gasteiger partial charge on any atom is -0.384 e. The largest absolute Gasteiger partial charge is 0.384 e. The molecule has 0 spiro atoms. The maximum atomic E-state index is 12.3. The third-order valence-electron chi connectivity index (χ3n) is 3.77. The summed E-state index contributed by atoms with van der Waals surface area (Å²) in [5.74, 6) is 0.846. The normalized spacial score (nSPS) is 22.4. The second-order valence-electron chi connectivity index (χ2n) is 5.19. The molecule has 1 fully saturated rings. The van der Waals surface area contributed by atoms with E-state index >= 15 is 0 Å². The van der Waals surface area contributed by atoms with Crippen molar-refractivity contribution in [2.75, 3.05) is 25.0 Å². The number of carbonyl (C=O) groups excluding carboxylic acids is 1. The second kappa shape index (κ2) is 4.06. The Kier molecular flexibility index (Phi) is 2.54. The predicted molar refractivity (Wildman–Crippen MR) is 68.3 cm³/mol. The SMILES string of the molecule is CC1CCN(C(=O)c2ccc3c(c2)CCN3)C1. The Morgan fingerprint density at radius 1 is 1.47 bits per heavy atom. The maximum Gasteiger partial charge on any atom is 0.253 e. The summed E-state index contributed by atoms with van der Waals surface area (Å²) in [6, 6.07) is 6.04. The number of rotatable bonds is 1. The Morgan fingerprint density at radius 2 is 2.35 bits per heavy atom. The van der Waals surface area contributed by atoms with Gasteiger partial charge in [-0.25, -0.2) is 0 Å². The molecule has 0 saturated carbocycles. The van der Waals surface area contributed by atoms with Gasteiger partial charge in [0.1, 0.15) is 0 Å². The van der Waals surface area contributed by atoms with Gasteiger partial charge in [0.15, 0.2) is 0 Å². The fourth-order valence-electron chi connectivity index (χ4n) is 2.74. The summed E-state index contributed by atoms with van der Waals surface area (Å²) in [6.45, 7) is 5.02. The topological polar surface area (TPSA) is 32.3 Å². The number of nitrogens with one attached hydrogen (secondary N) is 1. The number of nitrogens with zero attached hydrogens (tertiary/aromatic N) is 1. The zero-order valence-electron chi connectivity index (χ0n) is 10.2. The molecule has 0 aliphatic carbocycles. The number of carbonyl (C=O) groups is 1. The molecule has 2 aliphatic heterocycles. The van der Waals surface area contributed by atoms with E-state index in [0.29, 0.717) is 5.92 Å². The maximum absolute atomic E-state index is 12.3. The van der Waals surface area contributed by atoms with Gasteiger partial charge < -0.3 is 10.2 Å². The van der Waals surface area contributed by atoms with Crippen molar-refractivity contribution in [3.05, 3.63) is 29.3 Å². The lowest BCUT2D eigenvalue weighted by atomic mass is 10.1. The van der Waals surface area contributed by atoms with Crippen molar-refractivity contribution in [3.63, 3.8) is 0 Å². The Morgan fingerprint density at radius 3 is 3.12 bits per heavy atom. The van der Waals surface area contributed by atoms with Gasteiger partial charge in [-0.05, 0) is 42.5 Å². The first-order chi connectivity index (χ1) is 8.24. The van der Waals surface area contributed by atoms with Crippen molar-refractivity contribution >= 4 is 11.6 Å². The number of likely N-dealkylation sites (tertiary alicyclic amines) is 1. The van der Waals surface area contributed by atoms with Crippen LogP contribution in [0.25, 0.3) is 0 Å². The quantitative estimate of drug-likeness (QED) is 0.801. The van der Waals surface area contributed by atoms with Gasteiger partial charge >= 0.3 is 0 Å². The van der Waals surface area contributed by atoms with E-state index < -0.39 is 0 Å². The van der Waals surface area contributed by atoms with Crippen molar-refractivity contribution in [2.45, 2.75) is 19.8 Å². The zero-order chi connectivity index (χ0) is 11.8. The Bertz CT molecular complexity index is 456. The third kappa shape index (κ3) is 1.90. The van der Waals surface area contributed by atoms with Crippen molar-refractivity contribution < 1.29 is 4.79 Å². The minimum atomic E-state index is 0.198. The monoisotopic (exact) mass is 230 g/mol. The molecule has 1 aromatic carbocycles. The van der Waals surface area contributed by atoms with Crippen LogP contribution < -0.4 is 5.32 Å². The molecule has 1 amide bonds. The Labute approximate surface area is 102 Å². The molecule has 1 atom stereocenters. The fraction of sp³-hybridized carbons (Fsp3) is 0.500. The molecule has 1 N–H and O–H groups in total. The van der Waals surface area contributed by atoms with E-state index in [1.807, 2.05) is 17.0 Å². The van der Waals surface area contributed by atoms with Crippen LogP contribution in [0.3, 0.4) is 0 Å². The van der Waals surface area contributed by atoms with Crippen LogP contribution in [0.5, 0.6) is 0 Å². The van der Waals surface area contributed by atoms with E-state index in [9.17, 15) is 4.79 Å². The number of amides is 1. The molecule has 17 heavy (non-hydrogen) atoms. The van der Waals surface area contributed by atoms with E-state index in [0.717, 1.165) is 38.0 Å². The average molecular weight is 230 g/mol. The highest BCUT2D eigenvalue weighted by Crippen LogP contribution is 2.25. The molecule has 0 bridgehead atoms. The fourth-order valence-corrected chi connectivity index (χ4v) is 2.74. The van der Waals surface area contributed by atoms with Crippen molar-refractivity contribution in [3.8, 4) is 0 Å². The summed E-state index contributed by atoms with van der Waals surface area (Å²) in [7, 11) is 0. The van der Waals surface area contributed by atoms with Crippen LogP contribution >= 0.6 is 0 Å². The summed E-state index contributed by atoms with van der Waals surface area (Å²) < 4.78 is 0. The summed E-state index contributed by atoms with van der Waals surface area (Å²) in [4.78, 5) is 14.3. The number of benzene rings is 1. The first kappa shape index (κ1) is 10.6. The lowest BCUT2D eigenvalue weighted by molar-refractivity contribution is 0.0788. The van der Waals surface area contributed by atoms with Gasteiger partial charge in [-0.3, -0.25) is 4.79 Å². The summed E-state index contributed by atoms with van der Waals surface area (Å²) in [5.41, 5.74) is 3.32. The molecular weight excluding hydrogens is 212 g/mol. The average Bonchev–Trinajstić information content (AvgIpc) is 2.95. The van der Waals surface area contributed by atoms with E-state index in [2.05, 4.69) is 18.3 Å². The van der Waals surface area contributed by atoms with E-state index in [1.165, 1.54) is 11.3 Å². The van der Waals surface area contributed by atoms with Crippen LogP contribution in [-0.4, -0.2) is 30.4 Å². The van der Waals surface area contributed by atoms with Crippen LogP contribution in [0.2, 0.25) is 0 Å². The lowest BCUT2D eigenvalue weighted by Gasteiger charge is -2.16. The lowest BCUT2D eigenvalue weighted by Crippen LogP contribution is -2.28. The highest BCUT2D eigenvalue weighted by Gasteiger charge is 2.24. The molecule has 3 rings (SSSR count). The van der Waals surface area contributed by atoms with Gasteiger partial charge in [0.2, 0.25) is 0 Å². The van der Waals surface area contributed by atoms with Gasteiger partial charge in [0.25, 0.3) is 5.91 Å². The molecule has 3 heteroatoms. The van der Waals surface area contributed by atoms with E-state index in [1.54, 1.807) is 0 Å². The number of anilines is 1. The predicted octanol–water partition coefficient (Wildman–Crippen LogP) is 2.14. The van der Waals surface area contributed by atoms with Crippen LogP contribution in [-0.2, 0) is 6.42 Å². The second-order valence-corrected chi connectivity index (χ2v) is 5.19. The van der Waals surface area contributed by atoms with Crippen LogP contribution in [0.4, 0.5) is 5.69 Å². The van der Waals surface area contributed by atoms with Gasteiger partial charge in [0, 0.05) is 30.9 Å². The van der Waals surface area contributed by atoms with Crippen LogP contribution in [0, 0.1) is 5.92 Å². The van der Waals surface area contributed by atoms with Crippen molar-refractivity contribution in [1.29, 1.82) is 0 Å². The zero-order valence-corrected chi connectivity index (χ0v) is 10.2. The summed E-state index contributed by atoms with van der Waals surface area (Å²) in [5, 5.41) is 3.32. The third-order valence-corrected chi connectivity index (χ3v) is 3.77. The molecule has 2 aliphatic rings. The minimum absolute atomic E-state index is 0.198. The van der Waals surface area contributed by atoms with Gasteiger partial charge in [0.05, 0.1) is 0 Å². The molecule has 1 aromatic rings. The Hall–Kier alpha value is -1.51. The molecule has 0 radical (unpaired) electrons. The van der Waals surface area contributed by atoms with E-state index in [4.69, 9.17) is 0 Å². The van der Waals surface area contributed by atoms with Crippen molar-refractivity contribution in [2.24, 2.45) is 5.92 Å². The standard InChI is InChI=1S/C14H18N2O/c1-10-5-7-16(9-10)14(17)12-2-3-13-11(8-12)4-6-15-13/h2-3,8,10,15H,4-7,9H2,1H3. The molecule has 2 heterocycles. The summed E-state index contributed by atoms with van der Waals surface area (Å²) >= 11 is 0. The van der Waals surface area contributed by atoms with Crippen molar-refractivity contribution in [1.82, 2.24) is 4.90 Å². The highest BCUT2D eigenvalue weighted by atomic mass is 16.2.